The van der Waals surface area contributed by atoms with Crippen molar-refractivity contribution in [2.45, 2.75) is 19.4 Å². The van der Waals surface area contributed by atoms with E-state index < -0.39 is 0 Å². The summed E-state index contributed by atoms with van der Waals surface area (Å²) >= 11 is 0. The van der Waals surface area contributed by atoms with E-state index in [2.05, 4.69) is 15.6 Å². The molecule has 2 aromatic carbocycles. The lowest BCUT2D eigenvalue weighted by atomic mass is 10.0. The van der Waals surface area contributed by atoms with Gasteiger partial charge < -0.3 is 4.90 Å². The van der Waals surface area contributed by atoms with E-state index in [1.54, 1.807) is 12.1 Å². The minimum Gasteiger partial charge on any atom is -0.378 e. The standard InChI is InChI=1S/C20H22N4O2/c1-13-7-9-14(10-8-13)17-12-18(25)22-20(21-17)23-19(26)15-5-4-6-16(11-15)24(2)3/h4-11,17H,12H2,1-3H3,(H2,21,22,23,25,26)/t17-/m1/s1. The third-order valence-corrected chi connectivity index (χ3v) is 4.24. The van der Waals surface area contributed by atoms with Crippen LogP contribution in [0.2, 0.25) is 0 Å². The molecule has 134 valence electrons. The van der Waals surface area contributed by atoms with E-state index in [1.807, 2.05) is 62.3 Å². The molecule has 0 saturated carbocycles. The van der Waals surface area contributed by atoms with Crippen LogP contribution >= 0.6 is 0 Å². The maximum Gasteiger partial charge on any atom is 0.258 e. The molecule has 0 unspecified atom stereocenters. The first kappa shape index (κ1) is 17.7. The second-order valence-corrected chi connectivity index (χ2v) is 6.56. The molecule has 1 aliphatic heterocycles. The molecule has 6 heteroatoms. The van der Waals surface area contributed by atoms with E-state index in [0.717, 1.165) is 16.8 Å². The van der Waals surface area contributed by atoms with Crippen LogP contribution in [-0.4, -0.2) is 31.9 Å². The Morgan fingerprint density at radius 2 is 1.92 bits per heavy atom. The predicted molar refractivity (Wildman–Crippen MR) is 102 cm³/mol. The van der Waals surface area contributed by atoms with Crippen LogP contribution in [0, 0.1) is 6.92 Å². The van der Waals surface area contributed by atoms with Crippen molar-refractivity contribution >= 4 is 23.5 Å². The molecule has 3 rings (SSSR count). The van der Waals surface area contributed by atoms with Crippen molar-refractivity contribution in [2.75, 3.05) is 19.0 Å². The van der Waals surface area contributed by atoms with Crippen molar-refractivity contribution in [3.05, 3.63) is 65.2 Å². The number of benzene rings is 2. The Morgan fingerprint density at radius 3 is 2.62 bits per heavy atom. The summed E-state index contributed by atoms with van der Waals surface area (Å²) in [6.07, 6.45) is 0.262. The first-order valence-electron chi connectivity index (χ1n) is 8.45. The maximum atomic E-state index is 12.5. The maximum absolute atomic E-state index is 12.5. The van der Waals surface area contributed by atoms with Crippen LogP contribution in [0.25, 0.3) is 0 Å². The number of carbonyl (C=O) groups excluding carboxylic acids is 2. The zero-order valence-corrected chi connectivity index (χ0v) is 15.1. The van der Waals surface area contributed by atoms with Crippen molar-refractivity contribution in [1.29, 1.82) is 0 Å². The quantitative estimate of drug-likeness (QED) is 0.893. The highest BCUT2D eigenvalue weighted by molar-refractivity contribution is 6.10. The molecule has 26 heavy (non-hydrogen) atoms. The van der Waals surface area contributed by atoms with E-state index in [0.29, 0.717) is 5.56 Å². The molecule has 0 aromatic heterocycles. The van der Waals surface area contributed by atoms with Gasteiger partial charge in [0.25, 0.3) is 5.91 Å². The van der Waals surface area contributed by atoms with Gasteiger partial charge in [-0.2, -0.15) is 0 Å². The van der Waals surface area contributed by atoms with Gasteiger partial charge in [-0.25, -0.2) is 4.99 Å². The molecule has 6 nitrogen and oxygen atoms in total. The van der Waals surface area contributed by atoms with Gasteiger partial charge in [0.15, 0.2) is 0 Å². The van der Waals surface area contributed by atoms with Gasteiger partial charge in [-0.05, 0) is 30.7 Å². The van der Waals surface area contributed by atoms with Crippen LogP contribution in [0.15, 0.2) is 53.5 Å². The number of aryl methyl sites for hydroxylation is 1. The van der Waals surface area contributed by atoms with Crippen molar-refractivity contribution in [3.63, 3.8) is 0 Å². The molecule has 1 heterocycles. The van der Waals surface area contributed by atoms with Crippen molar-refractivity contribution in [1.82, 2.24) is 10.6 Å². The van der Waals surface area contributed by atoms with Gasteiger partial charge in [0, 0.05) is 25.3 Å². The van der Waals surface area contributed by atoms with Crippen LogP contribution in [0.5, 0.6) is 0 Å². The lowest BCUT2D eigenvalue weighted by Crippen LogP contribution is -2.47. The molecular formula is C20H22N4O2. The van der Waals surface area contributed by atoms with Gasteiger partial charge in [-0.1, -0.05) is 35.9 Å². The molecule has 0 saturated heterocycles. The fourth-order valence-electron chi connectivity index (χ4n) is 2.74. The first-order chi connectivity index (χ1) is 12.4. The summed E-state index contributed by atoms with van der Waals surface area (Å²) in [5, 5.41) is 5.34. The van der Waals surface area contributed by atoms with E-state index in [1.165, 1.54) is 0 Å². The van der Waals surface area contributed by atoms with Gasteiger partial charge in [0.05, 0.1) is 12.5 Å². The van der Waals surface area contributed by atoms with Gasteiger partial charge in [0.1, 0.15) is 0 Å². The average Bonchev–Trinajstić information content (AvgIpc) is 2.62. The predicted octanol–water partition coefficient (Wildman–Crippen LogP) is 2.41. The van der Waals surface area contributed by atoms with E-state index in [4.69, 9.17) is 0 Å². The molecule has 0 radical (unpaired) electrons. The largest absolute Gasteiger partial charge is 0.378 e. The number of amides is 2. The molecule has 2 N–H and O–H groups in total. The van der Waals surface area contributed by atoms with Crippen molar-refractivity contribution in [2.24, 2.45) is 4.99 Å². The molecule has 0 fully saturated rings. The van der Waals surface area contributed by atoms with Gasteiger partial charge in [0.2, 0.25) is 11.9 Å². The molecule has 2 amide bonds. The lowest BCUT2D eigenvalue weighted by Gasteiger charge is -2.21. The van der Waals surface area contributed by atoms with Gasteiger partial charge >= 0.3 is 0 Å². The number of aliphatic imine (C=N–C) groups is 1. The van der Waals surface area contributed by atoms with Crippen LogP contribution < -0.4 is 15.5 Å². The summed E-state index contributed by atoms with van der Waals surface area (Å²) in [6.45, 7) is 2.01. The highest BCUT2D eigenvalue weighted by Crippen LogP contribution is 2.23. The fraction of sp³-hybridized carbons (Fsp3) is 0.250. The van der Waals surface area contributed by atoms with Gasteiger partial charge in [-0.15, -0.1) is 0 Å². The molecule has 0 spiro atoms. The summed E-state index contributed by atoms with van der Waals surface area (Å²) in [4.78, 5) is 31.0. The molecule has 1 aliphatic rings. The SMILES string of the molecule is Cc1ccc([C@H]2CC(=O)NC(NC(=O)c3cccc(N(C)C)c3)=N2)cc1. The zero-order chi connectivity index (χ0) is 18.7. The normalized spacial score (nSPS) is 16.5. The summed E-state index contributed by atoms with van der Waals surface area (Å²) in [6, 6.07) is 14.9. The highest BCUT2D eigenvalue weighted by atomic mass is 16.2. The van der Waals surface area contributed by atoms with Crippen LogP contribution in [0.4, 0.5) is 5.69 Å². The number of hydrogen-bond acceptors (Lipinski definition) is 4. The third kappa shape index (κ3) is 4.08. The molecule has 0 bridgehead atoms. The van der Waals surface area contributed by atoms with Crippen LogP contribution in [-0.2, 0) is 4.79 Å². The zero-order valence-electron chi connectivity index (χ0n) is 15.1. The second-order valence-electron chi connectivity index (χ2n) is 6.56. The summed E-state index contributed by atoms with van der Waals surface area (Å²) in [7, 11) is 3.82. The average molecular weight is 350 g/mol. The van der Waals surface area contributed by atoms with Crippen molar-refractivity contribution < 1.29 is 9.59 Å². The number of nitrogens with zero attached hydrogens (tertiary/aromatic N) is 2. The Labute approximate surface area is 152 Å². The summed E-state index contributed by atoms with van der Waals surface area (Å²) in [5.74, 6) is -0.285. The van der Waals surface area contributed by atoms with Crippen molar-refractivity contribution in [3.8, 4) is 0 Å². The fourth-order valence-corrected chi connectivity index (χ4v) is 2.74. The minimum atomic E-state index is -0.308. The Kier molecular flexibility index (Phi) is 5.02. The number of anilines is 1. The minimum absolute atomic E-state index is 0.164. The summed E-state index contributed by atoms with van der Waals surface area (Å²) in [5.41, 5.74) is 3.52. The lowest BCUT2D eigenvalue weighted by molar-refractivity contribution is -0.120. The molecule has 0 aliphatic carbocycles. The van der Waals surface area contributed by atoms with E-state index in [9.17, 15) is 9.59 Å². The number of carbonyl (C=O) groups is 2. The molecule has 2 aromatic rings. The smallest absolute Gasteiger partial charge is 0.258 e. The molecular weight excluding hydrogens is 328 g/mol. The monoisotopic (exact) mass is 350 g/mol. The highest BCUT2D eigenvalue weighted by Gasteiger charge is 2.23. The summed E-state index contributed by atoms with van der Waals surface area (Å²) < 4.78 is 0. The van der Waals surface area contributed by atoms with Gasteiger partial charge in [-0.3, -0.25) is 20.2 Å². The number of nitrogens with one attached hydrogen (secondary N) is 2. The Balaban J connectivity index is 1.79. The number of rotatable bonds is 3. The van der Waals surface area contributed by atoms with Crippen LogP contribution in [0.3, 0.4) is 0 Å². The Hall–Kier alpha value is -3.15. The second kappa shape index (κ2) is 7.39. The number of guanidine groups is 1. The third-order valence-electron chi connectivity index (χ3n) is 4.24. The number of hydrogen-bond donors (Lipinski definition) is 2. The first-order valence-corrected chi connectivity index (χ1v) is 8.45. The Bertz CT molecular complexity index is 856. The van der Waals surface area contributed by atoms with E-state index >= 15 is 0 Å². The topological polar surface area (TPSA) is 73.8 Å². The van der Waals surface area contributed by atoms with E-state index in [-0.39, 0.29) is 30.2 Å². The Morgan fingerprint density at radius 1 is 1.19 bits per heavy atom. The van der Waals surface area contributed by atoms with Crippen LogP contribution in [0.1, 0.15) is 33.9 Å². The molecule has 1 atom stereocenters.